The smallest absolute Gasteiger partial charge is 0.251 e. The molecule has 21 heavy (non-hydrogen) atoms. The lowest BCUT2D eigenvalue weighted by Crippen LogP contribution is -2.42. The normalized spacial score (nSPS) is 13.7. The zero-order valence-electron chi connectivity index (χ0n) is 12.9. The highest BCUT2D eigenvalue weighted by molar-refractivity contribution is 5.94. The van der Waals surface area contributed by atoms with Crippen LogP contribution in [-0.2, 0) is 17.9 Å². The van der Waals surface area contributed by atoms with Gasteiger partial charge < -0.3 is 16.0 Å². The fraction of sp³-hybridized carbons (Fsp3) is 0.500. The summed E-state index contributed by atoms with van der Waals surface area (Å²) in [6, 6.07) is 5.73. The summed E-state index contributed by atoms with van der Waals surface area (Å²) in [5.41, 5.74) is 2.83. The molecule has 0 bridgehead atoms. The molecule has 5 nitrogen and oxygen atoms in total. The maximum atomic E-state index is 12.0. The van der Waals surface area contributed by atoms with E-state index >= 15 is 0 Å². The number of hydrogen-bond acceptors (Lipinski definition) is 3. The second-order valence-electron chi connectivity index (χ2n) is 6.39. The summed E-state index contributed by atoms with van der Waals surface area (Å²) in [5, 5.41) is 8.90. The molecule has 0 saturated carbocycles. The predicted molar refractivity (Wildman–Crippen MR) is 81.8 cm³/mol. The van der Waals surface area contributed by atoms with Gasteiger partial charge in [0.2, 0.25) is 5.91 Å². The number of carbonyl (C=O) groups excluding carboxylic acids is 2. The molecule has 1 heterocycles. The lowest BCUT2D eigenvalue weighted by molar-refractivity contribution is -0.122. The molecule has 1 aliphatic rings. The Balaban J connectivity index is 1.81. The minimum Gasteiger partial charge on any atom is -0.352 e. The number of rotatable bonds is 4. The molecule has 5 heteroatoms. The van der Waals surface area contributed by atoms with E-state index in [4.69, 9.17) is 0 Å². The number of benzene rings is 1. The fourth-order valence-electron chi connectivity index (χ4n) is 2.31. The van der Waals surface area contributed by atoms with Crippen LogP contribution >= 0.6 is 0 Å². The SMILES string of the molecule is CC(C)(C)NC(=O)CCNC(=O)c1ccc2c(c1)CNC2. The molecule has 0 unspecified atom stereocenters. The van der Waals surface area contributed by atoms with E-state index in [1.165, 1.54) is 11.1 Å². The fourth-order valence-corrected chi connectivity index (χ4v) is 2.31. The van der Waals surface area contributed by atoms with Crippen molar-refractivity contribution in [3.05, 3.63) is 34.9 Å². The molecule has 0 atom stereocenters. The molecule has 0 radical (unpaired) electrons. The maximum Gasteiger partial charge on any atom is 0.251 e. The first-order valence-electron chi connectivity index (χ1n) is 7.27. The zero-order chi connectivity index (χ0) is 15.5. The number of amides is 2. The monoisotopic (exact) mass is 289 g/mol. The Morgan fingerprint density at radius 3 is 2.62 bits per heavy atom. The average molecular weight is 289 g/mol. The van der Waals surface area contributed by atoms with Gasteiger partial charge in [-0.3, -0.25) is 9.59 Å². The van der Waals surface area contributed by atoms with Gasteiger partial charge in [-0.05, 0) is 44.0 Å². The van der Waals surface area contributed by atoms with E-state index in [2.05, 4.69) is 16.0 Å². The average Bonchev–Trinajstić information content (AvgIpc) is 2.83. The molecule has 2 rings (SSSR count). The summed E-state index contributed by atoms with van der Waals surface area (Å²) in [7, 11) is 0. The highest BCUT2D eigenvalue weighted by Gasteiger charge is 2.15. The second kappa shape index (κ2) is 6.26. The summed E-state index contributed by atoms with van der Waals surface area (Å²) < 4.78 is 0. The molecular formula is C16H23N3O2. The highest BCUT2D eigenvalue weighted by atomic mass is 16.2. The van der Waals surface area contributed by atoms with Gasteiger partial charge in [-0.1, -0.05) is 6.07 Å². The highest BCUT2D eigenvalue weighted by Crippen LogP contribution is 2.16. The van der Waals surface area contributed by atoms with Gasteiger partial charge in [-0.2, -0.15) is 0 Å². The third-order valence-electron chi connectivity index (χ3n) is 3.25. The first kappa shape index (κ1) is 15.5. The molecule has 0 aromatic heterocycles. The van der Waals surface area contributed by atoms with Gasteiger partial charge in [-0.25, -0.2) is 0 Å². The minimum atomic E-state index is -0.242. The first-order valence-corrected chi connectivity index (χ1v) is 7.27. The van der Waals surface area contributed by atoms with Gasteiger partial charge in [0, 0.05) is 37.2 Å². The molecule has 2 amide bonds. The maximum absolute atomic E-state index is 12.0. The number of carbonyl (C=O) groups is 2. The third kappa shape index (κ3) is 4.56. The van der Waals surface area contributed by atoms with Crippen molar-refractivity contribution in [1.29, 1.82) is 0 Å². The topological polar surface area (TPSA) is 70.2 Å². The van der Waals surface area contributed by atoms with Gasteiger partial charge in [0.05, 0.1) is 0 Å². The van der Waals surface area contributed by atoms with Crippen molar-refractivity contribution in [2.24, 2.45) is 0 Å². The Morgan fingerprint density at radius 1 is 1.19 bits per heavy atom. The van der Waals surface area contributed by atoms with E-state index in [9.17, 15) is 9.59 Å². The van der Waals surface area contributed by atoms with Gasteiger partial charge in [-0.15, -0.1) is 0 Å². The van der Waals surface area contributed by atoms with Crippen LogP contribution in [0.15, 0.2) is 18.2 Å². The van der Waals surface area contributed by atoms with Crippen molar-refractivity contribution >= 4 is 11.8 Å². The van der Waals surface area contributed by atoms with E-state index in [1.54, 1.807) is 0 Å². The van der Waals surface area contributed by atoms with Crippen LogP contribution in [0, 0.1) is 0 Å². The van der Waals surface area contributed by atoms with Crippen molar-refractivity contribution in [2.75, 3.05) is 6.54 Å². The standard InChI is InChI=1S/C16H23N3O2/c1-16(2,3)19-14(20)6-7-18-15(21)11-4-5-12-9-17-10-13(12)8-11/h4-5,8,17H,6-7,9-10H2,1-3H3,(H,18,21)(H,19,20). The van der Waals surface area contributed by atoms with Gasteiger partial charge in [0.15, 0.2) is 0 Å². The van der Waals surface area contributed by atoms with Crippen molar-refractivity contribution in [3.63, 3.8) is 0 Å². The van der Waals surface area contributed by atoms with Crippen LogP contribution in [0.25, 0.3) is 0 Å². The number of fused-ring (bicyclic) bond motifs is 1. The summed E-state index contributed by atoms with van der Waals surface area (Å²) in [6.07, 6.45) is 0.287. The zero-order valence-corrected chi connectivity index (χ0v) is 12.9. The van der Waals surface area contributed by atoms with Crippen LogP contribution in [0.1, 0.15) is 48.7 Å². The predicted octanol–water partition coefficient (Wildman–Crippen LogP) is 1.32. The van der Waals surface area contributed by atoms with Gasteiger partial charge in [0.1, 0.15) is 0 Å². The molecule has 3 N–H and O–H groups in total. The van der Waals surface area contributed by atoms with Crippen LogP contribution in [-0.4, -0.2) is 23.9 Å². The Bertz CT molecular complexity index is 547. The molecule has 114 valence electrons. The molecule has 1 aromatic carbocycles. The Kier molecular flexibility index (Phi) is 4.63. The minimum absolute atomic E-state index is 0.0547. The Hall–Kier alpha value is -1.88. The van der Waals surface area contributed by atoms with E-state index in [-0.39, 0.29) is 23.8 Å². The van der Waals surface area contributed by atoms with Gasteiger partial charge >= 0.3 is 0 Å². The van der Waals surface area contributed by atoms with Crippen molar-refractivity contribution in [2.45, 2.75) is 45.8 Å². The van der Waals surface area contributed by atoms with Crippen molar-refractivity contribution < 1.29 is 9.59 Å². The van der Waals surface area contributed by atoms with Crippen molar-refractivity contribution in [3.8, 4) is 0 Å². The molecule has 1 aromatic rings. The Morgan fingerprint density at radius 2 is 1.90 bits per heavy atom. The molecule has 0 spiro atoms. The van der Waals surface area contributed by atoms with E-state index in [0.717, 1.165) is 13.1 Å². The van der Waals surface area contributed by atoms with Crippen LogP contribution in [0.4, 0.5) is 0 Å². The second-order valence-corrected chi connectivity index (χ2v) is 6.39. The summed E-state index contributed by atoms with van der Waals surface area (Å²) in [5.74, 6) is -0.186. The summed E-state index contributed by atoms with van der Waals surface area (Å²) in [4.78, 5) is 23.7. The molecule has 0 fully saturated rings. The van der Waals surface area contributed by atoms with Crippen LogP contribution in [0.2, 0.25) is 0 Å². The lowest BCUT2D eigenvalue weighted by Gasteiger charge is -2.20. The Labute approximate surface area is 125 Å². The lowest BCUT2D eigenvalue weighted by atomic mass is 10.1. The summed E-state index contributed by atoms with van der Waals surface area (Å²) in [6.45, 7) is 7.82. The molecular weight excluding hydrogens is 266 g/mol. The van der Waals surface area contributed by atoms with Crippen LogP contribution in [0.5, 0.6) is 0 Å². The molecule has 0 aliphatic carbocycles. The first-order chi connectivity index (χ1) is 9.85. The van der Waals surface area contributed by atoms with E-state index in [0.29, 0.717) is 12.1 Å². The largest absolute Gasteiger partial charge is 0.352 e. The van der Waals surface area contributed by atoms with Gasteiger partial charge in [0.25, 0.3) is 5.91 Å². The van der Waals surface area contributed by atoms with E-state index < -0.39 is 0 Å². The quantitative estimate of drug-likeness (QED) is 0.783. The van der Waals surface area contributed by atoms with E-state index in [1.807, 2.05) is 39.0 Å². The van der Waals surface area contributed by atoms with Crippen LogP contribution in [0.3, 0.4) is 0 Å². The van der Waals surface area contributed by atoms with Crippen LogP contribution < -0.4 is 16.0 Å². The summed E-state index contributed by atoms with van der Waals surface area (Å²) >= 11 is 0. The third-order valence-corrected chi connectivity index (χ3v) is 3.25. The number of hydrogen-bond donors (Lipinski definition) is 3. The molecule has 1 aliphatic heterocycles. The number of nitrogens with one attached hydrogen (secondary N) is 3. The molecule has 0 saturated heterocycles. The van der Waals surface area contributed by atoms with Crippen molar-refractivity contribution in [1.82, 2.24) is 16.0 Å².